The third-order valence-electron chi connectivity index (χ3n) is 2.21. The molecule has 0 aliphatic rings. The van der Waals surface area contributed by atoms with Crippen molar-refractivity contribution in [1.29, 1.82) is 0 Å². The van der Waals surface area contributed by atoms with E-state index in [0.717, 1.165) is 0 Å². The summed E-state index contributed by atoms with van der Waals surface area (Å²) >= 11 is 0. The van der Waals surface area contributed by atoms with Crippen molar-refractivity contribution in [2.24, 2.45) is 0 Å². The van der Waals surface area contributed by atoms with Gasteiger partial charge in [-0.15, -0.1) is 0 Å². The van der Waals surface area contributed by atoms with Crippen molar-refractivity contribution in [3.05, 3.63) is 24.0 Å². The van der Waals surface area contributed by atoms with Crippen molar-refractivity contribution < 1.29 is 18.3 Å². The number of aromatic nitrogens is 2. The molecule has 7 heteroatoms. The fraction of sp³-hybridized carbons (Fsp3) is 0.300. The number of rotatable bonds is 4. The number of imidazole rings is 1. The molecule has 92 valence electrons. The summed E-state index contributed by atoms with van der Waals surface area (Å²) in [6.07, 6.45) is -4.58. The highest BCUT2D eigenvalue weighted by molar-refractivity contribution is 5.77. The number of H-pyrrole nitrogens is 1. The van der Waals surface area contributed by atoms with Gasteiger partial charge in [-0.3, -0.25) is 0 Å². The lowest BCUT2D eigenvalue weighted by Gasteiger charge is -2.09. The second-order valence-electron chi connectivity index (χ2n) is 3.53. The minimum atomic E-state index is -2.82. The Morgan fingerprint density at radius 3 is 2.88 bits per heavy atom. The minimum Gasteiger partial charge on any atom is -0.385 e. The number of nitrogens with zero attached hydrogens (tertiary/aromatic N) is 1. The Labute approximate surface area is 94.5 Å². The SMILES string of the molecule is OC(CNc1nc2ccc(F)cc2[nH]1)C(F)F. The highest BCUT2D eigenvalue weighted by Gasteiger charge is 2.16. The molecule has 3 N–H and O–H groups in total. The van der Waals surface area contributed by atoms with Crippen LogP contribution in [-0.2, 0) is 0 Å². The molecule has 0 aliphatic carbocycles. The normalized spacial score (nSPS) is 13.2. The second kappa shape index (κ2) is 4.62. The topological polar surface area (TPSA) is 60.9 Å². The molecule has 0 fully saturated rings. The lowest BCUT2D eigenvalue weighted by atomic mass is 10.3. The van der Waals surface area contributed by atoms with E-state index < -0.39 is 18.3 Å². The number of nitrogens with one attached hydrogen (secondary N) is 2. The molecule has 0 radical (unpaired) electrons. The van der Waals surface area contributed by atoms with Crippen LogP contribution in [0.2, 0.25) is 0 Å². The molecule has 0 amide bonds. The molecule has 2 aromatic rings. The predicted octanol–water partition coefficient (Wildman–Crippen LogP) is 1.74. The Morgan fingerprint density at radius 2 is 2.18 bits per heavy atom. The van der Waals surface area contributed by atoms with Crippen molar-refractivity contribution in [1.82, 2.24) is 9.97 Å². The van der Waals surface area contributed by atoms with Gasteiger partial charge in [0.05, 0.1) is 11.0 Å². The van der Waals surface area contributed by atoms with Crippen LogP contribution in [0.5, 0.6) is 0 Å². The summed E-state index contributed by atoms with van der Waals surface area (Å²) in [5.41, 5.74) is 0.972. The van der Waals surface area contributed by atoms with Crippen LogP contribution in [-0.4, -0.2) is 34.1 Å². The van der Waals surface area contributed by atoms with E-state index in [-0.39, 0.29) is 12.5 Å². The molecule has 0 saturated heterocycles. The average Bonchev–Trinajstić information content (AvgIpc) is 2.67. The van der Waals surface area contributed by atoms with Gasteiger partial charge in [0, 0.05) is 6.54 Å². The maximum atomic E-state index is 12.9. The van der Waals surface area contributed by atoms with Crippen molar-refractivity contribution in [3.8, 4) is 0 Å². The van der Waals surface area contributed by atoms with E-state index in [1.165, 1.54) is 18.2 Å². The largest absolute Gasteiger partial charge is 0.385 e. The third-order valence-corrected chi connectivity index (χ3v) is 2.21. The first-order valence-corrected chi connectivity index (χ1v) is 4.91. The van der Waals surface area contributed by atoms with Crippen LogP contribution in [0.1, 0.15) is 0 Å². The van der Waals surface area contributed by atoms with Gasteiger partial charge < -0.3 is 15.4 Å². The first kappa shape index (κ1) is 11.7. The van der Waals surface area contributed by atoms with Gasteiger partial charge in [0.1, 0.15) is 11.9 Å². The summed E-state index contributed by atoms with van der Waals surface area (Å²) < 4.78 is 36.9. The van der Waals surface area contributed by atoms with E-state index in [9.17, 15) is 13.2 Å². The van der Waals surface area contributed by atoms with Crippen molar-refractivity contribution in [3.63, 3.8) is 0 Å². The smallest absolute Gasteiger partial charge is 0.265 e. The van der Waals surface area contributed by atoms with E-state index in [1.54, 1.807) is 0 Å². The first-order chi connectivity index (χ1) is 8.06. The molecule has 0 aliphatic heterocycles. The van der Waals surface area contributed by atoms with Crippen molar-refractivity contribution in [2.45, 2.75) is 12.5 Å². The van der Waals surface area contributed by atoms with Gasteiger partial charge >= 0.3 is 0 Å². The van der Waals surface area contributed by atoms with Crippen molar-refractivity contribution in [2.75, 3.05) is 11.9 Å². The molecule has 17 heavy (non-hydrogen) atoms. The second-order valence-corrected chi connectivity index (χ2v) is 3.53. The molecular weight excluding hydrogens is 235 g/mol. The van der Waals surface area contributed by atoms with Gasteiger partial charge in [-0.25, -0.2) is 18.2 Å². The summed E-state index contributed by atoms with van der Waals surface area (Å²) in [4.78, 5) is 6.71. The molecule has 0 bridgehead atoms. The van der Waals surface area contributed by atoms with Gasteiger partial charge in [0.25, 0.3) is 6.43 Å². The van der Waals surface area contributed by atoms with Crippen LogP contribution in [0, 0.1) is 5.82 Å². The van der Waals surface area contributed by atoms with Crippen LogP contribution >= 0.6 is 0 Å². The standard InChI is InChI=1S/C10H10F3N3O/c11-5-1-2-6-7(3-5)16-10(15-6)14-4-8(17)9(12)13/h1-3,8-9,17H,4H2,(H2,14,15,16). The molecular formula is C10H10F3N3O. The van der Waals surface area contributed by atoms with Gasteiger partial charge in [-0.05, 0) is 18.2 Å². The van der Waals surface area contributed by atoms with Crippen LogP contribution in [0.4, 0.5) is 19.1 Å². The van der Waals surface area contributed by atoms with Gasteiger partial charge in [-0.1, -0.05) is 0 Å². The van der Waals surface area contributed by atoms with E-state index in [2.05, 4.69) is 15.3 Å². The summed E-state index contributed by atoms with van der Waals surface area (Å²) in [7, 11) is 0. The molecule has 1 unspecified atom stereocenters. The van der Waals surface area contributed by atoms with E-state index in [4.69, 9.17) is 5.11 Å². The van der Waals surface area contributed by atoms with Crippen LogP contribution in [0.3, 0.4) is 0 Å². The highest BCUT2D eigenvalue weighted by Crippen LogP contribution is 2.15. The molecule has 0 saturated carbocycles. The fourth-order valence-electron chi connectivity index (χ4n) is 1.36. The Kier molecular flexibility index (Phi) is 3.19. The van der Waals surface area contributed by atoms with Gasteiger partial charge in [-0.2, -0.15) is 0 Å². The number of anilines is 1. The number of aliphatic hydroxyl groups is 1. The van der Waals surface area contributed by atoms with Crippen molar-refractivity contribution >= 4 is 17.0 Å². The zero-order chi connectivity index (χ0) is 12.4. The lowest BCUT2D eigenvalue weighted by Crippen LogP contribution is -2.27. The summed E-state index contributed by atoms with van der Waals surface area (Å²) in [6.45, 7) is -0.333. The zero-order valence-electron chi connectivity index (χ0n) is 8.62. The number of hydrogen-bond acceptors (Lipinski definition) is 3. The molecule has 1 aromatic carbocycles. The number of fused-ring (bicyclic) bond motifs is 1. The molecule has 4 nitrogen and oxygen atoms in total. The third kappa shape index (κ3) is 2.68. The minimum absolute atomic E-state index is 0.213. The Morgan fingerprint density at radius 1 is 1.41 bits per heavy atom. The Balaban J connectivity index is 2.09. The Bertz CT molecular complexity index is 514. The van der Waals surface area contributed by atoms with E-state index in [1.807, 2.05) is 0 Å². The van der Waals surface area contributed by atoms with Gasteiger partial charge in [0.2, 0.25) is 5.95 Å². The molecule has 2 rings (SSSR count). The first-order valence-electron chi connectivity index (χ1n) is 4.91. The summed E-state index contributed by atoms with van der Waals surface area (Å²) in [6, 6.07) is 3.97. The number of aliphatic hydroxyl groups excluding tert-OH is 1. The monoisotopic (exact) mass is 245 g/mol. The number of alkyl halides is 2. The van der Waals surface area contributed by atoms with E-state index >= 15 is 0 Å². The number of benzene rings is 1. The average molecular weight is 245 g/mol. The predicted molar refractivity (Wildman–Crippen MR) is 56.6 cm³/mol. The number of aromatic amines is 1. The quantitative estimate of drug-likeness (QED) is 0.768. The lowest BCUT2D eigenvalue weighted by molar-refractivity contribution is 0.00377. The van der Waals surface area contributed by atoms with Crippen LogP contribution in [0.25, 0.3) is 11.0 Å². The molecule has 1 aromatic heterocycles. The molecule has 1 atom stereocenters. The molecule has 1 heterocycles. The van der Waals surface area contributed by atoms with Gasteiger partial charge in [0.15, 0.2) is 0 Å². The van der Waals surface area contributed by atoms with E-state index in [0.29, 0.717) is 11.0 Å². The zero-order valence-corrected chi connectivity index (χ0v) is 8.62. The molecule has 0 spiro atoms. The summed E-state index contributed by atoms with van der Waals surface area (Å²) in [5.74, 6) is -0.203. The highest BCUT2D eigenvalue weighted by atomic mass is 19.3. The number of halogens is 3. The van der Waals surface area contributed by atoms with Crippen LogP contribution in [0.15, 0.2) is 18.2 Å². The summed E-state index contributed by atoms with van der Waals surface area (Å²) in [5, 5.41) is 11.4. The van der Waals surface area contributed by atoms with Crippen LogP contribution < -0.4 is 5.32 Å². The Hall–Kier alpha value is -1.76. The maximum absolute atomic E-state index is 12.9. The number of hydrogen-bond donors (Lipinski definition) is 3. The fourth-order valence-corrected chi connectivity index (χ4v) is 1.36. The maximum Gasteiger partial charge on any atom is 0.265 e.